The Hall–Kier alpha value is -2.54. The Balaban J connectivity index is 1.81. The molecular formula is C22H19N. The first-order valence-electron chi connectivity index (χ1n) is 8.43. The fraction of sp³-hybridized carbons (Fsp3) is 0.182. The first-order chi connectivity index (χ1) is 11.4. The number of hydrogen-bond acceptors (Lipinski definition) is 1. The SMILES string of the molecule is c1ccc(N2CCCC23c2ccccc2-c2ccccc23)cc1. The molecule has 1 spiro atoms. The molecule has 2 aliphatic rings. The molecular weight excluding hydrogens is 278 g/mol. The zero-order valence-electron chi connectivity index (χ0n) is 13.1. The highest BCUT2D eigenvalue weighted by molar-refractivity contribution is 5.83. The van der Waals surface area contributed by atoms with E-state index in [0.717, 1.165) is 6.54 Å². The Morgan fingerprint density at radius 1 is 0.652 bits per heavy atom. The van der Waals surface area contributed by atoms with Crippen LogP contribution in [0.2, 0.25) is 0 Å². The van der Waals surface area contributed by atoms with Crippen LogP contribution in [-0.2, 0) is 5.54 Å². The number of benzene rings is 3. The van der Waals surface area contributed by atoms with Crippen LogP contribution in [0.4, 0.5) is 5.69 Å². The molecule has 0 radical (unpaired) electrons. The molecule has 1 heterocycles. The van der Waals surface area contributed by atoms with Gasteiger partial charge in [0.05, 0.1) is 5.54 Å². The molecule has 0 unspecified atom stereocenters. The van der Waals surface area contributed by atoms with Gasteiger partial charge in [-0.1, -0.05) is 66.7 Å². The number of nitrogens with zero attached hydrogens (tertiary/aromatic N) is 1. The molecule has 5 rings (SSSR count). The van der Waals surface area contributed by atoms with E-state index in [4.69, 9.17) is 0 Å². The minimum absolute atomic E-state index is 0.00847. The summed E-state index contributed by atoms with van der Waals surface area (Å²) in [7, 11) is 0. The summed E-state index contributed by atoms with van der Waals surface area (Å²) in [6, 6.07) is 28.8. The van der Waals surface area contributed by atoms with Crippen LogP contribution in [0.3, 0.4) is 0 Å². The predicted molar refractivity (Wildman–Crippen MR) is 95.7 cm³/mol. The Bertz CT molecular complexity index is 820. The van der Waals surface area contributed by atoms with Gasteiger partial charge in [0.2, 0.25) is 0 Å². The summed E-state index contributed by atoms with van der Waals surface area (Å²) in [6.07, 6.45) is 2.42. The molecule has 3 aromatic carbocycles. The average molecular weight is 297 g/mol. The predicted octanol–water partition coefficient (Wildman–Crippen LogP) is 5.21. The van der Waals surface area contributed by atoms with Crippen molar-refractivity contribution in [3.63, 3.8) is 0 Å². The lowest BCUT2D eigenvalue weighted by Gasteiger charge is -2.39. The summed E-state index contributed by atoms with van der Waals surface area (Å²) >= 11 is 0. The molecule has 112 valence electrons. The van der Waals surface area contributed by atoms with Gasteiger partial charge in [-0.2, -0.15) is 0 Å². The van der Waals surface area contributed by atoms with Gasteiger partial charge in [0, 0.05) is 12.2 Å². The van der Waals surface area contributed by atoms with Crippen molar-refractivity contribution in [2.45, 2.75) is 18.4 Å². The summed E-state index contributed by atoms with van der Waals surface area (Å²) in [4.78, 5) is 2.62. The van der Waals surface area contributed by atoms with E-state index in [1.807, 2.05) is 0 Å². The van der Waals surface area contributed by atoms with Crippen molar-refractivity contribution in [3.05, 3.63) is 90.0 Å². The highest BCUT2D eigenvalue weighted by atomic mass is 15.2. The molecule has 3 aromatic rings. The molecule has 0 aromatic heterocycles. The first-order valence-corrected chi connectivity index (χ1v) is 8.43. The average Bonchev–Trinajstić information content (AvgIpc) is 3.19. The van der Waals surface area contributed by atoms with Gasteiger partial charge in [0.25, 0.3) is 0 Å². The van der Waals surface area contributed by atoms with Crippen molar-refractivity contribution in [2.75, 3.05) is 11.4 Å². The van der Waals surface area contributed by atoms with E-state index in [-0.39, 0.29) is 5.54 Å². The quantitative estimate of drug-likeness (QED) is 0.596. The molecule has 0 atom stereocenters. The number of hydrogen-bond donors (Lipinski definition) is 0. The van der Waals surface area contributed by atoms with Crippen LogP contribution in [0.25, 0.3) is 11.1 Å². The fourth-order valence-corrected chi connectivity index (χ4v) is 4.64. The zero-order chi connectivity index (χ0) is 15.3. The van der Waals surface area contributed by atoms with Crippen LogP contribution < -0.4 is 4.90 Å². The van der Waals surface area contributed by atoms with Crippen LogP contribution in [0.1, 0.15) is 24.0 Å². The Morgan fingerprint density at radius 2 is 1.22 bits per heavy atom. The van der Waals surface area contributed by atoms with Crippen LogP contribution in [0.5, 0.6) is 0 Å². The van der Waals surface area contributed by atoms with E-state index in [1.165, 1.54) is 40.8 Å². The monoisotopic (exact) mass is 297 g/mol. The van der Waals surface area contributed by atoms with Gasteiger partial charge >= 0.3 is 0 Å². The van der Waals surface area contributed by atoms with Crippen LogP contribution >= 0.6 is 0 Å². The second-order valence-corrected chi connectivity index (χ2v) is 6.54. The van der Waals surface area contributed by atoms with Gasteiger partial charge in [0.15, 0.2) is 0 Å². The number of fused-ring (bicyclic) bond motifs is 5. The molecule has 23 heavy (non-hydrogen) atoms. The summed E-state index contributed by atoms with van der Waals surface area (Å²) in [5.74, 6) is 0. The first kappa shape index (κ1) is 13.0. The van der Waals surface area contributed by atoms with Gasteiger partial charge in [-0.15, -0.1) is 0 Å². The number of anilines is 1. The Morgan fingerprint density at radius 3 is 1.87 bits per heavy atom. The molecule has 1 aliphatic heterocycles. The van der Waals surface area contributed by atoms with Crippen LogP contribution in [0.15, 0.2) is 78.9 Å². The second kappa shape index (κ2) is 4.73. The van der Waals surface area contributed by atoms with Gasteiger partial charge < -0.3 is 4.90 Å². The van der Waals surface area contributed by atoms with E-state index in [0.29, 0.717) is 0 Å². The van der Waals surface area contributed by atoms with Gasteiger partial charge in [-0.05, 0) is 47.2 Å². The smallest absolute Gasteiger partial charge is 0.0918 e. The maximum Gasteiger partial charge on any atom is 0.0918 e. The summed E-state index contributed by atoms with van der Waals surface area (Å²) in [5.41, 5.74) is 7.10. The minimum Gasteiger partial charge on any atom is -0.358 e. The Labute approximate surface area is 137 Å². The molecule has 1 nitrogen and oxygen atoms in total. The second-order valence-electron chi connectivity index (χ2n) is 6.54. The van der Waals surface area contributed by atoms with E-state index < -0.39 is 0 Å². The van der Waals surface area contributed by atoms with Crippen LogP contribution in [-0.4, -0.2) is 6.54 Å². The fourth-order valence-electron chi connectivity index (χ4n) is 4.64. The van der Waals surface area contributed by atoms with Gasteiger partial charge in [-0.3, -0.25) is 0 Å². The van der Waals surface area contributed by atoms with Crippen molar-refractivity contribution in [1.29, 1.82) is 0 Å². The molecule has 1 aliphatic carbocycles. The van der Waals surface area contributed by atoms with E-state index in [1.54, 1.807) is 0 Å². The van der Waals surface area contributed by atoms with Crippen molar-refractivity contribution >= 4 is 5.69 Å². The molecule has 0 saturated carbocycles. The summed E-state index contributed by atoms with van der Waals surface area (Å²) in [5, 5.41) is 0. The molecule has 0 amide bonds. The summed E-state index contributed by atoms with van der Waals surface area (Å²) < 4.78 is 0. The molecule has 1 heteroatoms. The Kier molecular flexibility index (Phi) is 2.66. The third-order valence-electron chi connectivity index (χ3n) is 5.48. The largest absolute Gasteiger partial charge is 0.358 e. The minimum atomic E-state index is 0.00847. The maximum absolute atomic E-state index is 2.62. The van der Waals surface area contributed by atoms with E-state index in [9.17, 15) is 0 Å². The third-order valence-corrected chi connectivity index (χ3v) is 5.48. The lowest BCUT2D eigenvalue weighted by molar-refractivity contribution is 0.550. The van der Waals surface area contributed by atoms with Crippen molar-refractivity contribution < 1.29 is 0 Å². The normalized spacial score (nSPS) is 17.3. The van der Waals surface area contributed by atoms with E-state index >= 15 is 0 Å². The molecule has 1 fully saturated rings. The molecule has 0 N–H and O–H groups in total. The number of rotatable bonds is 1. The highest BCUT2D eigenvalue weighted by Crippen LogP contribution is 2.56. The van der Waals surface area contributed by atoms with Crippen molar-refractivity contribution in [1.82, 2.24) is 0 Å². The topological polar surface area (TPSA) is 3.24 Å². The third kappa shape index (κ3) is 1.62. The number of para-hydroxylation sites is 1. The lowest BCUT2D eigenvalue weighted by Crippen LogP contribution is -2.40. The highest BCUT2D eigenvalue weighted by Gasteiger charge is 2.49. The van der Waals surface area contributed by atoms with Crippen LogP contribution in [0, 0.1) is 0 Å². The zero-order valence-corrected chi connectivity index (χ0v) is 13.1. The van der Waals surface area contributed by atoms with Crippen molar-refractivity contribution in [2.24, 2.45) is 0 Å². The van der Waals surface area contributed by atoms with E-state index in [2.05, 4.69) is 83.8 Å². The van der Waals surface area contributed by atoms with Gasteiger partial charge in [0.1, 0.15) is 0 Å². The molecule has 1 saturated heterocycles. The standard InChI is InChI=1S/C22H19N/c1-2-9-17(10-3-1)23-16-8-15-22(23)20-13-6-4-11-18(20)19-12-5-7-14-21(19)22/h1-7,9-14H,8,15-16H2. The van der Waals surface area contributed by atoms with Crippen molar-refractivity contribution in [3.8, 4) is 11.1 Å². The lowest BCUT2D eigenvalue weighted by atomic mass is 9.84. The summed E-state index contributed by atoms with van der Waals surface area (Å²) in [6.45, 7) is 1.12. The molecule has 0 bridgehead atoms. The van der Waals surface area contributed by atoms with Gasteiger partial charge in [-0.25, -0.2) is 0 Å². The maximum atomic E-state index is 2.62.